The van der Waals surface area contributed by atoms with Crippen LogP contribution < -0.4 is 0 Å². The molecule has 0 aliphatic heterocycles. The van der Waals surface area contributed by atoms with Crippen molar-refractivity contribution in [3.63, 3.8) is 0 Å². The SMILES string of the molecule is C=C(C)C(=O)OCOC(=O)c1ccc(O)cc1. The Balaban J connectivity index is 2.43. The molecule has 5 heteroatoms. The Labute approximate surface area is 98.3 Å². The van der Waals surface area contributed by atoms with Gasteiger partial charge < -0.3 is 14.6 Å². The Bertz CT molecular complexity index is 433. The van der Waals surface area contributed by atoms with Gasteiger partial charge in [-0.2, -0.15) is 0 Å². The molecule has 1 aromatic carbocycles. The topological polar surface area (TPSA) is 72.8 Å². The van der Waals surface area contributed by atoms with Crippen LogP contribution in [0.3, 0.4) is 0 Å². The van der Waals surface area contributed by atoms with Crippen molar-refractivity contribution in [3.05, 3.63) is 42.0 Å². The molecule has 17 heavy (non-hydrogen) atoms. The summed E-state index contributed by atoms with van der Waals surface area (Å²) >= 11 is 0. The lowest BCUT2D eigenvalue weighted by molar-refractivity contribution is -0.147. The van der Waals surface area contributed by atoms with Crippen LogP contribution in [0.4, 0.5) is 0 Å². The molecule has 0 atom stereocenters. The summed E-state index contributed by atoms with van der Waals surface area (Å²) in [6.45, 7) is 4.40. The highest BCUT2D eigenvalue weighted by Crippen LogP contribution is 2.10. The number of benzene rings is 1. The van der Waals surface area contributed by atoms with Gasteiger partial charge in [0.25, 0.3) is 0 Å². The van der Waals surface area contributed by atoms with E-state index in [1.807, 2.05) is 0 Å². The van der Waals surface area contributed by atoms with E-state index in [-0.39, 0.29) is 16.9 Å². The molecule has 0 aromatic heterocycles. The normalized spacial score (nSPS) is 9.47. The van der Waals surface area contributed by atoms with Crippen LogP contribution in [0.1, 0.15) is 17.3 Å². The van der Waals surface area contributed by atoms with Gasteiger partial charge in [0, 0.05) is 5.57 Å². The molecule has 0 heterocycles. The van der Waals surface area contributed by atoms with E-state index in [0.29, 0.717) is 0 Å². The fraction of sp³-hybridized carbons (Fsp3) is 0.167. The molecule has 1 rings (SSSR count). The molecule has 0 spiro atoms. The van der Waals surface area contributed by atoms with Gasteiger partial charge in [0.05, 0.1) is 5.56 Å². The maximum Gasteiger partial charge on any atom is 0.341 e. The van der Waals surface area contributed by atoms with E-state index in [1.165, 1.54) is 31.2 Å². The molecule has 90 valence electrons. The first-order valence-corrected chi connectivity index (χ1v) is 4.79. The highest BCUT2D eigenvalue weighted by molar-refractivity contribution is 5.90. The Morgan fingerprint density at radius 2 is 1.82 bits per heavy atom. The van der Waals surface area contributed by atoms with Crippen molar-refractivity contribution < 1.29 is 24.2 Å². The molecule has 0 radical (unpaired) electrons. The number of carbonyl (C=O) groups excluding carboxylic acids is 2. The third-order valence-electron chi connectivity index (χ3n) is 1.83. The lowest BCUT2D eigenvalue weighted by Crippen LogP contribution is -2.13. The van der Waals surface area contributed by atoms with E-state index in [2.05, 4.69) is 16.1 Å². The third-order valence-corrected chi connectivity index (χ3v) is 1.83. The maximum absolute atomic E-state index is 11.4. The van der Waals surface area contributed by atoms with Gasteiger partial charge in [-0.15, -0.1) is 0 Å². The van der Waals surface area contributed by atoms with Crippen LogP contribution >= 0.6 is 0 Å². The highest BCUT2D eigenvalue weighted by Gasteiger charge is 2.08. The van der Waals surface area contributed by atoms with Crippen LogP contribution in [0.15, 0.2) is 36.4 Å². The lowest BCUT2D eigenvalue weighted by Gasteiger charge is -2.05. The van der Waals surface area contributed by atoms with Crippen molar-refractivity contribution in [2.45, 2.75) is 6.92 Å². The third kappa shape index (κ3) is 3.98. The monoisotopic (exact) mass is 236 g/mol. The van der Waals surface area contributed by atoms with Gasteiger partial charge >= 0.3 is 11.9 Å². The summed E-state index contributed by atoms with van der Waals surface area (Å²) in [4.78, 5) is 22.3. The van der Waals surface area contributed by atoms with Crippen molar-refractivity contribution in [1.29, 1.82) is 0 Å². The zero-order valence-electron chi connectivity index (χ0n) is 9.30. The average Bonchev–Trinajstić information content (AvgIpc) is 2.29. The maximum atomic E-state index is 11.4. The predicted octanol–water partition coefficient (Wildman–Crippen LogP) is 1.63. The summed E-state index contributed by atoms with van der Waals surface area (Å²) in [7, 11) is 0. The zero-order valence-corrected chi connectivity index (χ0v) is 9.30. The first-order chi connectivity index (χ1) is 8.00. The lowest BCUT2D eigenvalue weighted by atomic mass is 10.2. The van der Waals surface area contributed by atoms with Crippen LogP contribution in [-0.2, 0) is 14.3 Å². The first kappa shape index (κ1) is 12.8. The van der Waals surface area contributed by atoms with E-state index in [9.17, 15) is 9.59 Å². The molecule has 0 aliphatic carbocycles. The van der Waals surface area contributed by atoms with Gasteiger partial charge in [0.15, 0.2) is 0 Å². The molecule has 0 saturated heterocycles. The molecule has 1 aromatic rings. The fourth-order valence-corrected chi connectivity index (χ4v) is 0.941. The van der Waals surface area contributed by atoms with Gasteiger partial charge in [0.1, 0.15) is 5.75 Å². The molecular weight excluding hydrogens is 224 g/mol. The Hall–Kier alpha value is -2.30. The number of hydrogen-bond acceptors (Lipinski definition) is 5. The number of phenolic OH excluding ortho intramolecular Hbond substituents is 1. The van der Waals surface area contributed by atoms with E-state index in [1.54, 1.807) is 0 Å². The fourth-order valence-electron chi connectivity index (χ4n) is 0.941. The van der Waals surface area contributed by atoms with Crippen LogP contribution in [0.25, 0.3) is 0 Å². The minimum absolute atomic E-state index is 0.0512. The van der Waals surface area contributed by atoms with Crippen molar-refractivity contribution >= 4 is 11.9 Å². The van der Waals surface area contributed by atoms with Gasteiger partial charge in [-0.05, 0) is 31.2 Å². The summed E-state index contributed by atoms with van der Waals surface area (Å²) in [5, 5.41) is 9.02. The summed E-state index contributed by atoms with van der Waals surface area (Å²) < 4.78 is 9.27. The van der Waals surface area contributed by atoms with E-state index >= 15 is 0 Å². The van der Waals surface area contributed by atoms with Crippen LogP contribution in [0.2, 0.25) is 0 Å². The van der Waals surface area contributed by atoms with Gasteiger partial charge in [-0.25, -0.2) is 9.59 Å². The highest BCUT2D eigenvalue weighted by atomic mass is 16.7. The largest absolute Gasteiger partial charge is 0.508 e. The second-order valence-electron chi connectivity index (χ2n) is 3.31. The minimum Gasteiger partial charge on any atom is -0.508 e. The van der Waals surface area contributed by atoms with Crippen molar-refractivity contribution in [1.82, 2.24) is 0 Å². The predicted molar refractivity (Wildman–Crippen MR) is 59.3 cm³/mol. The summed E-state index contributed by atoms with van der Waals surface area (Å²) in [6.07, 6.45) is 0. The molecule has 0 amide bonds. The molecule has 0 saturated carbocycles. The number of hydrogen-bond donors (Lipinski definition) is 1. The van der Waals surface area contributed by atoms with Gasteiger partial charge in [0.2, 0.25) is 6.79 Å². The number of aromatic hydroxyl groups is 1. The standard InChI is InChI=1S/C12H12O5/c1-8(2)11(14)16-7-17-12(15)9-3-5-10(13)6-4-9/h3-6,13H,1,7H2,2H3. The minimum atomic E-state index is -0.639. The van der Waals surface area contributed by atoms with Crippen molar-refractivity contribution in [2.24, 2.45) is 0 Å². The number of carbonyl (C=O) groups is 2. The first-order valence-electron chi connectivity index (χ1n) is 4.79. The molecule has 0 unspecified atom stereocenters. The molecule has 0 fully saturated rings. The van der Waals surface area contributed by atoms with Crippen LogP contribution in [-0.4, -0.2) is 23.8 Å². The van der Waals surface area contributed by atoms with Gasteiger partial charge in [-0.1, -0.05) is 6.58 Å². The Kier molecular flexibility index (Phi) is 4.28. The number of rotatable bonds is 4. The summed E-state index contributed by atoms with van der Waals surface area (Å²) in [6, 6.07) is 5.52. The second kappa shape index (κ2) is 5.69. The van der Waals surface area contributed by atoms with E-state index in [4.69, 9.17) is 5.11 Å². The van der Waals surface area contributed by atoms with E-state index < -0.39 is 18.7 Å². The van der Waals surface area contributed by atoms with Crippen LogP contribution in [0, 0.1) is 0 Å². The van der Waals surface area contributed by atoms with Crippen molar-refractivity contribution in [2.75, 3.05) is 6.79 Å². The Morgan fingerprint density at radius 1 is 1.24 bits per heavy atom. The van der Waals surface area contributed by atoms with Crippen molar-refractivity contribution in [3.8, 4) is 5.75 Å². The van der Waals surface area contributed by atoms with E-state index in [0.717, 1.165) is 0 Å². The number of esters is 2. The molecular formula is C12H12O5. The summed E-state index contributed by atoms with van der Waals surface area (Å²) in [5.41, 5.74) is 0.486. The second-order valence-corrected chi connectivity index (χ2v) is 3.31. The molecule has 1 N–H and O–H groups in total. The average molecular weight is 236 g/mol. The zero-order chi connectivity index (χ0) is 12.8. The number of ether oxygens (including phenoxy) is 2. The Morgan fingerprint density at radius 3 is 2.35 bits per heavy atom. The number of phenols is 1. The molecule has 0 bridgehead atoms. The molecule has 0 aliphatic rings. The quantitative estimate of drug-likeness (QED) is 0.488. The van der Waals surface area contributed by atoms with Crippen LogP contribution in [0.5, 0.6) is 5.75 Å². The summed E-state index contributed by atoms with van der Waals surface area (Å²) in [5.74, 6) is -1.21. The smallest absolute Gasteiger partial charge is 0.341 e. The van der Waals surface area contributed by atoms with Gasteiger partial charge in [-0.3, -0.25) is 0 Å². The molecule has 5 nitrogen and oxygen atoms in total.